The number of carbonyl (C=O) groups is 1. The summed E-state index contributed by atoms with van der Waals surface area (Å²) in [7, 11) is 1.62. The summed E-state index contributed by atoms with van der Waals surface area (Å²) < 4.78 is 23.0. The van der Waals surface area contributed by atoms with Crippen LogP contribution in [-0.2, 0) is 13.0 Å². The minimum Gasteiger partial charge on any atom is -0.497 e. The molecule has 0 bridgehead atoms. The Labute approximate surface area is 201 Å². The Morgan fingerprint density at radius 3 is 2.47 bits per heavy atom. The number of carbonyl (C=O) groups excluding carboxylic acids is 1. The van der Waals surface area contributed by atoms with Gasteiger partial charge in [-0.2, -0.15) is 0 Å². The summed E-state index contributed by atoms with van der Waals surface area (Å²) in [6.07, 6.45) is 2.31. The molecule has 7 nitrogen and oxygen atoms in total. The van der Waals surface area contributed by atoms with E-state index in [1.807, 2.05) is 48.5 Å². The van der Waals surface area contributed by atoms with Crippen LogP contribution in [0.2, 0.25) is 0 Å². The van der Waals surface area contributed by atoms with Crippen molar-refractivity contribution in [3.8, 4) is 11.5 Å². The van der Waals surface area contributed by atoms with Crippen molar-refractivity contribution in [3.63, 3.8) is 0 Å². The second-order valence-corrected chi connectivity index (χ2v) is 8.67. The summed E-state index contributed by atoms with van der Waals surface area (Å²) in [4.78, 5) is 14.8. The van der Waals surface area contributed by atoms with Crippen LogP contribution in [-0.4, -0.2) is 68.2 Å². The monoisotopic (exact) mass is 473 g/mol. The molecular formula is C26H36FN3O4. The summed E-state index contributed by atoms with van der Waals surface area (Å²) >= 11 is 0. The fourth-order valence-corrected chi connectivity index (χ4v) is 4.01. The van der Waals surface area contributed by atoms with Crippen LogP contribution >= 0.6 is 0 Å². The fourth-order valence-electron chi connectivity index (χ4n) is 4.01. The molecule has 2 atom stereocenters. The van der Waals surface area contributed by atoms with E-state index in [1.54, 1.807) is 7.11 Å². The maximum atomic E-state index is 12.6. The lowest BCUT2D eigenvalue weighted by Crippen LogP contribution is -2.48. The number of urea groups is 1. The molecule has 0 radical (unpaired) electrons. The van der Waals surface area contributed by atoms with Gasteiger partial charge in [-0.25, -0.2) is 4.79 Å². The first-order chi connectivity index (χ1) is 16.6. The molecule has 3 N–H and O–H groups in total. The van der Waals surface area contributed by atoms with Gasteiger partial charge in [0.1, 0.15) is 11.5 Å². The van der Waals surface area contributed by atoms with E-state index in [0.717, 1.165) is 35.6 Å². The number of nitrogens with one attached hydrogen (secondary N) is 2. The lowest BCUT2D eigenvalue weighted by Gasteiger charge is -2.25. The molecule has 2 aromatic carbocycles. The van der Waals surface area contributed by atoms with Gasteiger partial charge in [-0.1, -0.05) is 24.3 Å². The second-order valence-electron chi connectivity index (χ2n) is 8.67. The SMILES string of the molecule is COc1ccc(CNC(=O)N[C@@H](Cc2ccc(OCCCCF)cc2)CN2CC[C@@H](O)C2)cc1. The van der Waals surface area contributed by atoms with Crippen LogP contribution < -0.4 is 20.1 Å². The van der Waals surface area contributed by atoms with E-state index in [1.165, 1.54) is 0 Å². The number of hydrogen-bond donors (Lipinski definition) is 3. The van der Waals surface area contributed by atoms with Crippen LogP contribution in [0.15, 0.2) is 48.5 Å². The van der Waals surface area contributed by atoms with Crippen molar-refractivity contribution in [2.24, 2.45) is 0 Å². The standard InChI is InChI=1S/C26H36FN3O4/c1-33-24-8-6-21(7-9-24)17-28-26(32)29-22(18-30-14-12-23(31)19-30)16-20-4-10-25(11-5-20)34-15-3-2-13-27/h4-11,22-23,31H,2-3,12-19H2,1H3,(H2,28,29,32)/t22-,23+/m0/s1. The molecule has 2 amide bonds. The van der Waals surface area contributed by atoms with Crippen LogP contribution in [0.1, 0.15) is 30.4 Å². The van der Waals surface area contributed by atoms with E-state index in [9.17, 15) is 14.3 Å². The molecule has 0 aliphatic carbocycles. The van der Waals surface area contributed by atoms with Gasteiger partial charge >= 0.3 is 6.03 Å². The highest BCUT2D eigenvalue weighted by molar-refractivity contribution is 5.74. The number of amides is 2. The summed E-state index contributed by atoms with van der Waals surface area (Å²) in [6.45, 7) is 2.70. The number of β-amino-alcohol motifs (C(OH)–C–C–N with tert-alkyl or cyclic N) is 1. The molecule has 0 unspecified atom stereocenters. The highest BCUT2D eigenvalue weighted by Gasteiger charge is 2.24. The summed E-state index contributed by atoms with van der Waals surface area (Å²) in [5.74, 6) is 1.53. The third-order valence-electron chi connectivity index (χ3n) is 5.88. The lowest BCUT2D eigenvalue weighted by molar-refractivity contribution is 0.172. The quantitative estimate of drug-likeness (QED) is 0.389. The first kappa shape index (κ1) is 25.8. The van der Waals surface area contributed by atoms with E-state index in [2.05, 4.69) is 15.5 Å². The number of halogens is 1. The van der Waals surface area contributed by atoms with E-state index in [4.69, 9.17) is 9.47 Å². The number of benzene rings is 2. The van der Waals surface area contributed by atoms with Gasteiger partial charge in [-0.05, 0) is 61.1 Å². The molecule has 1 fully saturated rings. The molecule has 1 aliphatic heterocycles. The van der Waals surface area contributed by atoms with Crippen molar-refractivity contribution >= 4 is 6.03 Å². The second kappa shape index (κ2) is 13.8. The Hall–Kier alpha value is -2.84. The maximum absolute atomic E-state index is 12.6. The molecule has 34 heavy (non-hydrogen) atoms. The topological polar surface area (TPSA) is 83.1 Å². The molecular weight excluding hydrogens is 437 g/mol. The zero-order valence-corrected chi connectivity index (χ0v) is 19.8. The van der Waals surface area contributed by atoms with E-state index in [-0.39, 0.29) is 24.9 Å². The number of likely N-dealkylation sites (tertiary alicyclic amines) is 1. The molecule has 1 heterocycles. The molecule has 1 saturated heterocycles. The Kier molecular flexibility index (Phi) is 10.4. The number of aliphatic hydroxyl groups excluding tert-OH is 1. The molecule has 0 saturated carbocycles. The van der Waals surface area contributed by atoms with Crippen molar-refractivity contribution < 1.29 is 23.8 Å². The molecule has 0 aromatic heterocycles. The number of alkyl halides is 1. The number of ether oxygens (including phenoxy) is 2. The molecule has 8 heteroatoms. The lowest BCUT2D eigenvalue weighted by atomic mass is 10.1. The molecule has 0 spiro atoms. The largest absolute Gasteiger partial charge is 0.497 e. The van der Waals surface area contributed by atoms with E-state index < -0.39 is 0 Å². The van der Waals surface area contributed by atoms with Crippen molar-refractivity contribution in [2.75, 3.05) is 40.0 Å². The van der Waals surface area contributed by atoms with Crippen LogP contribution in [0.3, 0.4) is 0 Å². The van der Waals surface area contributed by atoms with E-state index in [0.29, 0.717) is 45.5 Å². The molecule has 3 rings (SSSR count). The highest BCUT2D eigenvalue weighted by atomic mass is 19.1. The normalized spacial score (nSPS) is 16.7. The van der Waals surface area contributed by atoms with Crippen LogP contribution in [0.25, 0.3) is 0 Å². The van der Waals surface area contributed by atoms with Gasteiger partial charge < -0.3 is 25.2 Å². The number of unbranched alkanes of at least 4 members (excludes halogenated alkanes) is 1. The highest BCUT2D eigenvalue weighted by Crippen LogP contribution is 2.16. The van der Waals surface area contributed by atoms with E-state index >= 15 is 0 Å². The zero-order valence-electron chi connectivity index (χ0n) is 19.8. The average Bonchev–Trinajstić information content (AvgIpc) is 3.26. The third-order valence-corrected chi connectivity index (χ3v) is 5.88. The predicted molar refractivity (Wildman–Crippen MR) is 130 cm³/mol. The average molecular weight is 474 g/mol. The summed E-state index contributed by atoms with van der Waals surface area (Å²) in [6, 6.07) is 15.0. The number of rotatable bonds is 13. The fraction of sp³-hybridized carbons (Fsp3) is 0.500. The molecule has 186 valence electrons. The first-order valence-corrected chi connectivity index (χ1v) is 11.9. The van der Waals surface area contributed by atoms with Gasteiger partial charge in [-0.15, -0.1) is 0 Å². The number of nitrogens with zero attached hydrogens (tertiary/aromatic N) is 1. The number of aliphatic hydroxyl groups is 1. The molecule has 2 aromatic rings. The van der Waals surface area contributed by atoms with Crippen LogP contribution in [0, 0.1) is 0 Å². The Bertz CT molecular complexity index is 863. The summed E-state index contributed by atoms with van der Waals surface area (Å²) in [5.41, 5.74) is 2.06. The van der Waals surface area contributed by atoms with Crippen molar-refractivity contribution in [1.82, 2.24) is 15.5 Å². The van der Waals surface area contributed by atoms with Crippen LogP contribution in [0.4, 0.5) is 9.18 Å². The minimum atomic E-state index is -0.321. The Morgan fingerprint density at radius 1 is 1.12 bits per heavy atom. The first-order valence-electron chi connectivity index (χ1n) is 11.9. The van der Waals surface area contributed by atoms with Gasteiger partial charge in [0.05, 0.1) is 26.5 Å². The predicted octanol–water partition coefficient (Wildman–Crippen LogP) is 3.30. The minimum absolute atomic E-state index is 0.113. The van der Waals surface area contributed by atoms with Gasteiger partial charge in [0.15, 0.2) is 0 Å². The Morgan fingerprint density at radius 2 is 1.82 bits per heavy atom. The van der Waals surface area contributed by atoms with Gasteiger partial charge in [-0.3, -0.25) is 9.29 Å². The van der Waals surface area contributed by atoms with Crippen molar-refractivity contribution in [3.05, 3.63) is 59.7 Å². The van der Waals surface area contributed by atoms with Gasteiger partial charge in [0, 0.05) is 32.2 Å². The smallest absolute Gasteiger partial charge is 0.315 e. The third kappa shape index (κ3) is 8.83. The maximum Gasteiger partial charge on any atom is 0.315 e. The Balaban J connectivity index is 1.54. The molecule has 1 aliphatic rings. The number of hydrogen-bond acceptors (Lipinski definition) is 5. The number of methoxy groups -OCH3 is 1. The van der Waals surface area contributed by atoms with Crippen molar-refractivity contribution in [1.29, 1.82) is 0 Å². The van der Waals surface area contributed by atoms with Gasteiger partial charge in [0.25, 0.3) is 0 Å². The van der Waals surface area contributed by atoms with Crippen LogP contribution in [0.5, 0.6) is 11.5 Å². The van der Waals surface area contributed by atoms with Crippen molar-refractivity contribution in [2.45, 2.75) is 44.4 Å². The van der Waals surface area contributed by atoms with Gasteiger partial charge in [0.2, 0.25) is 0 Å². The zero-order chi connectivity index (χ0) is 24.2. The summed E-state index contributed by atoms with van der Waals surface area (Å²) in [5, 5.41) is 15.9.